The third kappa shape index (κ3) is 2.56. The summed E-state index contributed by atoms with van der Waals surface area (Å²) in [6, 6.07) is 11.5. The van der Waals surface area contributed by atoms with Crippen LogP contribution in [-0.4, -0.2) is 26.5 Å². The minimum Gasteiger partial charge on any atom is -0.297 e. The van der Waals surface area contributed by atoms with E-state index in [1.807, 2.05) is 41.8 Å². The van der Waals surface area contributed by atoms with Crippen molar-refractivity contribution in [1.29, 1.82) is 0 Å². The normalized spacial score (nSPS) is 10.5. The molecule has 0 aliphatic rings. The summed E-state index contributed by atoms with van der Waals surface area (Å²) in [5, 5.41) is 14.3. The molecule has 0 aliphatic carbocycles. The molecule has 1 aromatic carbocycles. The molecule has 0 amide bonds. The molecule has 0 radical (unpaired) electrons. The van der Waals surface area contributed by atoms with Gasteiger partial charge in [0.15, 0.2) is 6.29 Å². The number of benzene rings is 1. The van der Waals surface area contributed by atoms with Crippen molar-refractivity contribution in [3.63, 3.8) is 0 Å². The van der Waals surface area contributed by atoms with Gasteiger partial charge in [-0.25, -0.2) is 0 Å². The zero-order valence-electron chi connectivity index (χ0n) is 9.63. The minimum atomic E-state index is 0.668. The summed E-state index contributed by atoms with van der Waals surface area (Å²) in [5.41, 5.74) is 0.904. The van der Waals surface area contributed by atoms with Gasteiger partial charge in [-0.1, -0.05) is 18.2 Å². The van der Waals surface area contributed by atoms with Gasteiger partial charge in [-0.05, 0) is 40.4 Å². The number of para-hydroxylation sites is 1. The number of aromatic nitrogens is 4. The fourth-order valence-corrected chi connectivity index (χ4v) is 3.21. The maximum absolute atomic E-state index is 10.7. The molecule has 2 aromatic heterocycles. The SMILES string of the molecule is O=Cc1cc(Sc2nnnn2-c2ccccc2)cs1. The minimum absolute atomic E-state index is 0.668. The largest absolute Gasteiger partial charge is 0.297 e. The van der Waals surface area contributed by atoms with Crippen LogP contribution in [0.1, 0.15) is 9.67 Å². The number of aldehydes is 1. The first-order chi connectivity index (χ1) is 9.36. The summed E-state index contributed by atoms with van der Waals surface area (Å²) in [6.07, 6.45) is 0.842. The lowest BCUT2D eigenvalue weighted by atomic mass is 10.3. The maximum atomic E-state index is 10.7. The second-order valence-electron chi connectivity index (χ2n) is 3.61. The summed E-state index contributed by atoms with van der Waals surface area (Å²) in [7, 11) is 0. The standard InChI is InChI=1S/C12H8N4OS2/c17-7-10-6-11(8-18-10)19-12-13-14-15-16(12)9-4-2-1-3-5-9/h1-8H. The zero-order chi connectivity index (χ0) is 13.1. The van der Waals surface area contributed by atoms with Gasteiger partial charge in [0.2, 0.25) is 5.16 Å². The van der Waals surface area contributed by atoms with Crippen LogP contribution in [0, 0.1) is 0 Å². The summed E-state index contributed by atoms with van der Waals surface area (Å²) >= 11 is 2.84. The molecule has 0 fully saturated rings. The van der Waals surface area contributed by atoms with Crippen molar-refractivity contribution in [3.05, 3.63) is 46.7 Å². The molecule has 2 heterocycles. The lowest BCUT2D eigenvalue weighted by Gasteiger charge is -2.02. The Morgan fingerprint density at radius 1 is 1.26 bits per heavy atom. The van der Waals surface area contributed by atoms with Gasteiger partial charge in [-0.2, -0.15) is 4.68 Å². The van der Waals surface area contributed by atoms with Crippen molar-refractivity contribution in [1.82, 2.24) is 20.2 Å². The molecule has 3 aromatic rings. The van der Waals surface area contributed by atoms with Crippen LogP contribution in [0.5, 0.6) is 0 Å². The Morgan fingerprint density at radius 2 is 2.11 bits per heavy atom. The van der Waals surface area contributed by atoms with E-state index in [0.29, 0.717) is 10.0 Å². The van der Waals surface area contributed by atoms with Crippen molar-refractivity contribution in [2.75, 3.05) is 0 Å². The van der Waals surface area contributed by atoms with E-state index in [1.54, 1.807) is 4.68 Å². The number of nitrogens with zero attached hydrogens (tertiary/aromatic N) is 4. The summed E-state index contributed by atoms with van der Waals surface area (Å²) in [4.78, 5) is 12.3. The highest BCUT2D eigenvalue weighted by atomic mass is 32.2. The molecule has 0 atom stereocenters. The molecule has 7 heteroatoms. The van der Waals surface area contributed by atoms with Crippen molar-refractivity contribution in [2.24, 2.45) is 0 Å². The Hall–Kier alpha value is -1.99. The van der Waals surface area contributed by atoms with Crippen LogP contribution in [0.15, 0.2) is 51.8 Å². The molecule has 0 aliphatic heterocycles. The number of thiophene rings is 1. The second kappa shape index (κ2) is 5.33. The third-order valence-corrected chi connectivity index (χ3v) is 4.28. The number of hydrogen-bond acceptors (Lipinski definition) is 6. The highest BCUT2D eigenvalue weighted by Gasteiger charge is 2.10. The molecule has 94 valence electrons. The average molecular weight is 288 g/mol. The molecule has 0 N–H and O–H groups in total. The van der Waals surface area contributed by atoms with Crippen LogP contribution < -0.4 is 0 Å². The Balaban J connectivity index is 1.90. The third-order valence-electron chi connectivity index (χ3n) is 2.36. The fraction of sp³-hybridized carbons (Fsp3) is 0. The smallest absolute Gasteiger partial charge is 0.218 e. The van der Waals surface area contributed by atoms with Crippen molar-refractivity contribution in [2.45, 2.75) is 10.1 Å². The molecule has 5 nitrogen and oxygen atoms in total. The van der Waals surface area contributed by atoms with E-state index in [2.05, 4.69) is 15.5 Å². The average Bonchev–Trinajstić information content (AvgIpc) is 3.09. The molecule has 0 unspecified atom stereocenters. The monoisotopic (exact) mass is 288 g/mol. The van der Waals surface area contributed by atoms with Crippen LogP contribution in [0.25, 0.3) is 5.69 Å². The van der Waals surface area contributed by atoms with E-state index in [4.69, 9.17) is 0 Å². The number of carbonyl (C=O) groups excluding carboxylic acids is 1. The van der Waals surface area contributed by atoms with Crippen LogP contribution in [0.4, 0.5) is 0 Å². The molecule has 0 bridgehead atoms. The van der Waals surface area contributed by atoms with Gasteiger partial charge in [0.1, 0.15) is 0 Å². The van der Waals surface area contributed by atoms with Crippen molar-refractivity contribution < 1.29 is 4.79 Å². The number of tetrazole rings is 1. The Labute approximate surface area is 117 Å². The predicted octanol–water partition coefficient (Wildman–Crippen LogP) is 2.69. The number of hydrogen-bond donors (Lipinski definition) is 0. The van der Waals surface area contributed by atoms with Crippen molar-refractivity contribution in [3.8, 4) is 5.69 Å². The Kier molecular flexibility index (Phi) is 3.39. The lowest BCUT2D eigenvalue weighted by molar-refractivity contribution is 0.112. The van der Waals surface area contributed by atoms with E-state index in [9.17, 15) is 4.79 Å². The van der Waals surface area contributed by atoms with Gasteiger partial charge >= 0.3 is 0 Å². The Morgan fingerprint density at radius 3 is 2.84 bits per heavy atom. The zero-order valence-corrected chi connectivity index (χ0v) is 11.3. The van der Waals surface area contributed by atoms with Gasteiger partial charge < -0.3 is 0 Å². The number of rotatable bonds is 4. The highest BCUT2D eigenvalue weighted by Crippen LogP contribution is 2.30. The molecule has 0 saturated heterocycles. The quantitative estimate of drug-likeness (QED) is 0.691. The topological polar surface area (TPSA) is 60.7 Å². The maximum Gasteiger partial charge on any atom is 0.218 e. The Bertz CT molecular complexity index is 693. The molecule has 0 saturated carbocycles. The van der Waals surface area contributed by atoms with E-state index in [-0.39, 0.29) is 0 Å². The van der Waals surface area contributed by atoms with E-state index >= 15 is 0 Å². The van der Waals surface area contributed by atoms with Gasteiger partial charge in [0.25, 0.3) is 0 Å². The van der Waals surface area contributed by atoms with E-state index < -0.39 is 0 Å². The van der Waals surface area contributed by atoms with Gasteiger partial charge in [-0.15, -0.1) is 16.4 Å². The predicted molar refractivity (Wildman–Crippen MR) is 73.0 cm³/mol. The lowest BCUT2D eigenvalue weighted by Crippen LogP contribution is -1.97. The first kappa shape index (κ1) is 12.1. The van der Waals surface area contributed by atoms with Crippen LogP contribution in [-0.2, 0) is 0 Å². The summed E-state index contributed by atoms with van der Waals surface area (Å²) in [5.74, 6) is 0. The number of carbonyl (C=O) groups is 1. The molecular weight excluding hydrogens is 280 g/mol. The summed E-state index contributed by atoms with van der Waals surface area (Å²) in [6.45, 7) is 0. The van der Waals surface area contributed by atoms with Gasteiger partial charge in [-0.3, -0.25) is 4.79 Å². The van der Waals surface area contributed by atoms with E-state index in [0.717, 1.165) is 16.9 Å². The van der Waals surface area contributed by atoms with Crippen LogP contribution in [0.2, 0.25) is 0 Å². The second-order valence-corrected chi connectivity index (χ2v) is 5.60. The van der Waals surface area contributed by atoms with Crippen LogP contribution in [0.3, 0.4) is 0 Å². The van der Waals surface area contributed by atoms with Gasteiger partial charge in [0.05, 0.1) is 10.6 Å². The van der Waals surface area contributed by atoms with Crippen molar-refractivity contribution >= 4 is 29.4 Å². The highest BCUT2D eigenvalue weighted by molar-refractivity contribution is 7.99. The molecule has 3 rings (SSSR count). The fourth-order valence-electron chi connectivity index (χ4n) is 1.53. The first-order valence-corrected chi connectivity index (χ1v) is 7.12. The van der Waals surface area contributed by atoms with Crippen LogP contribution >= 0.6 is 23.1 Å². The van der Waals surface area contributed by atoms with Gasteiger partial charge in [0, 0.05) is 10.3 Å². The first-order valence-electron chi connectivity index (χ1n) is 5.42. The summed E-state index contributed by atoms with van der Waals surface area (Å²) < 4.78 is 1.67. The molecule has 0 spiro atoms. The van der Waals surface area contributed by atoms with E-state index in [1.165, 1.54) is 23.1 Å². The molecule has 19 heavy (non-hydrogen) atoms. The molecular formula is C12H8N4OS2.